The highest BCUT2D eigenvalue weighted by Crippen LogP contribution is 2.58. The molecule has 5 aliphatic carbocycles. The largest absolute Gasteiger partial charge is 0.379 e. The standard InChI is InChI=1S/C21H30ClN3O/c1-13-4-2-3-5-17(13)24-18-12-23-25(20(26)19(18)22)21-9-14-6-15(10-21)8-16(7-14)11-21/h12-17,24H,2-11H2,1H3/t13-,14?,15?,16?,17+,21?/m1/s1. The van der Waals surface area contributed by atoms with Crippen molar-refractivity contribution in [2.24, 2.45) is 23.7 Å². The highest BCUT2D eigenvalue weighted by molar-refractivity contribution is 6.32. The number of anilines is 1. The summed E-state index contributed by atoms with van der Waals surface area (Å²) in [6.07, 6.45) is 14.2. The molecule has 1 N–H and O–H groups in total. The van der Waals surface area contributed by atoms with Crippen LogP contribution in [-0.2, 0) is 5.54 Å². The van der Waals surface area contributed by atoms with Crippen LogP contribution in [0.4, 0.5) is 5.69 Å². The molecular weight excluding hydrogens is 346 g/mol. The molecule has 2 atom stereocenters. The first-order valence-corrected chi connectivity index (χ1v) is 11.0. The van der Waals surface area contributed by atoms with Crippen molar-refractivity contribution in [2.45, 2.75) is 82.7 Å². The monoisotopic (exact) mass is 375 g/mol. The third-order valence-electron chi connectivity index (χ3n) is 7.83. The van der Waals surface area contributed by atoms with Crippen molar-refractivity contribution in [3.8, 4) is 0 Å². The molecule has 1 aromatic heterocycles. The summed E-state index contributed by atoms with van der Waals surface area (Å²) in [4.78, 5) is 13.2. The maximum atomic E-state index is 13.2. The van der Waals surface area contributed by atoms with Gasteiger partial charge in [0.25, 0.3) is 5.56 Å². The normalized spacial score (nSPS) is 41.4. The average molecular weight is 376 g/mol. The molecule has 5 heteroatoms. The molecule has 6 rings (SSSR count). The van der Waals surface area contributed by atoms with E-state index >= 15 is 0 Å². The van der Waals surface area contributed by atoms with Crippen molar-refractivity contribution >= 4 is 17.3 Å². The average Bonchev–Trinajstić information content (AvgIpc) is 2.59. The lowest BCUT2D eigenvalue weighted by Gasteiger charge is -2.56. The Morgan fingerprint density at radius 1 is 1.12 bits per heavy atom. The maximum Gasteiger partial charge on any atom is 0.288 e. The Labute approximate surface area is 160 Å². The second kappa shape index (κ2) is 6.25. The van der Waals surface area contributed by atoms with E-state index in [2.05, 4.69) is 17.3 Å². The lowest BCUT2D eigenvalue weighted by molar-refractivity contribution is -0.0518. The first kappa shape index (κ1) is 17.1. The fourth-order valence-corrected chi connectivity index (χ4v) is 7.11. The molecule has 5 saturated carbocycles. The summed E-state index contributed by atoms with van der Waals surface area (Å²) >= 11 is 6.57. The van der Waals surface area contributed by atoms with Crippen molar-refractivity contribution < 1.29 is 0 Å². The maximum absolute atomic E-state index is 13.2. The Morgan fingerprint density at radius 3 is 2.35 bits per heavy atom. The van der Waals surface area contributed by atoms with E-state index in [0.717, 1.165) is 49.1 Å². The van der Waals surface area contributed by atoms with Gasteiger partial charge < -0.3 is 5.32 Å². The number of hydrogen-bond acceptors (Lipinski definition) is 3. The quantitative estimate of drug-likeness (QED) is 0.824. The SMILES string of the molecule is C[C@@H]1CCCC[C@@H]1Nc1cnn(C23CC4CC(CC(C4)C2)C3)c(=O)c1Cl. The van der Waals surface area contributed by atoms with Crippen molar-refractivity contribution in [3.63, 3.8) is 0 Å². The molecular formula is C21H30ClN3O. The van der Waals surface area contributed by atoms with E-state index in [-0.39, 0.29) is 11.1 Å². The van der Waals surface area contributed by atoms with Crippen LogP contribution in [0, 0.1) is 23.7 Å². The molecule has 142 valence electrons. The van der Waals surface area contributed by atoms with Crippen LogP contribution in [0.25, 0.3) is 0 Å². The minimum atomic E-state index is -0.0814. The molecule has 0 aromatic carbocycles. The van der Waals surface area contributed by atoms with Crippen LogP contribution in [0.1, 0.15) is 71.1 Å². The molecule has 1 heterocycles. The molecule has 0 radical (unpaired) electrons. The van der Waals surface area contributed by atoms with Gasteiger partial charge in [-0.05, 0) is 75.0 Å². The second-order valence-corrected chi connectivity index (χ2v) is 10.1. The molecule has 0 spiro atoms. The van der Waals surface area contributed by atoms with Gasteiger partial charge >= 0.3 is 0 Å². The third-order valence-corrected chi connectivity index (χ3v) is 8.19. The minimum Gasteiger partial charge on any atom is -0.379 e. The molecule has 4 nitrogen and oxygen atoms in total. The number of rotatable bonds is 3. The topological polar surface area (TPSA) is 46.9 Å². The highest BCUT2D eigenvalue weighted by atomic mass is 35.5. The van der Waals surface area contributed by atoms with Gasteiger partial charge in [-0.15, -0.1) is 0 Å². The van der Waals surface area contributed by atoms with Gasteiger partial charge in [0.05, 0.1) is 17.4 Å². The summed E-state index contributed by atoms with van der Waals surface area (Å²) in [6, 6.07) is 0.401. The van der Waals surface area contributed by atoms with Gasteiger partial charge in [-0.25, -0.2) is 4.68 Å². The van der Waals surface area contributed by atoms with Gasteiger partial charge in [-0.3, -0.25) is 4.79 Å². The van der Waals surface area contributed by atoms with Gasteiger partial charge in [0.1, 0.15) is 5.02 Å². The Kier molecular flexibility index (Phi) is 4.11. The summed E-state index contributed by atoms with van der Waals surface area (Å²) in [6.45, 7) is 2.29. The summed E-state index contributed by atoms with van der Waals surface area (Å²) in [5.74, 6) is 2.98. The molecule has 5 aliphatic rings. The Bertz CT molecular complexity index is 723. The highest BCUT2D eigenvalue weighted by Gasteiger charge is 2.53. The van der Waals surface area contributed by atoms with Crippen LogP contribution in [0.2, 0.25) is 5.02 Å². The minimum absolute atomic E-state index is 0.0634. The lowest BCUT2D eigenvalue weighted by atomic mass is 9.53. The summed E-state index contributed by atoms with van der Waals surface area (Å²) < 4.78 is 1.79. The second-order valence-electron chi connectivity index (χ2n) is 9.74. The number of halogens is 1. The van der Waals surface area contributed by atoms with Gasteiger partial charge in [0, 0.05) is 6.04 Å². The van der Waals surface area contributed by atoms with E-state index in [4.69, 9.17) is 11.6 Å². The van der Waals surface area contributed by atoms with Gasteiger partial charge in [0.2, 0.25) is 0 Å². The molecule has 1 aromatic rings. The van der Waals surface area contributed by atoms with Gasteiger partial charge in [-0.2, -0.15) is 5.10 Å². The van der Waals surface area contributed by atoms with Crippen LogP contribution >= 0.6 is 11.6 Å². The van der Waals surface area contributed by atoms with E-state index in [1.807, 2.05) is 6.20 Å². The molecule has 5 fully saturated rings. The first-order chi connectivity index (χ1) is 12.5. The predicted molar refractivity (Wildman–Crippen MR) is 105 cm³/mol. The Hall–Kier alpha value is -1.03. The molecule has 0 saturated heterocycles. The zero-order chi connectivity index (χ0) is 17.9. The molecule has 0 unspecified atom stereocenters. The fourth-order valence-electron chi connectivity index (χ4n) is 6.93. The van der Waals surface area contributed by atoms with Crippen molar-refractivity contribution in [1.29, 1.82) is 0 Å². The third kappa shape index (κ3) is 2.71. The zero-order valence-corrected chi connectivity index (χ0v) is 16.5. The van der Waals surface area contributed by atoms with Crippen LogP contribution < -0.4 is 10.9 Å². The lowest BCUT2D eigenvalue weighted by Crippen LogP contribution is -2.55. The van der Waals surface area contributed by atoms with E-state index in [1.54, 1.807) is 4.68 Å². The smallest absolute Gasteiger partial charge is 0.288 e. The molecule has 0 aliphatic heterocycles. The summed E-state index contributed by atoms with van der Waals surface area (Å²) in [5.41, 5.74) is 0.588. The van der Waals surface area contributed by atoms with Gasteiger partial charge in [0.15, 0.2) is 0 Å². The van der Waals surface area contributed by atoms with Gasteiger partial charge in [-0.1, -0.05) is 31.4 Å². The summed E-state index contributed by atoms with van der Waals surface area (Å²) in [7, 11) is 0. The predicted octanol–water partition coefficient (Wildman–Crippen LogP) is 4.81. The zero-order valence-electron chi connectivity index (χ0n) is 15.7. The van der Waals surface area contributed by atoms with E-state index in [1.165, 1.54) is 38.5 Å². The van der Waals surface area contributed by atoms with E-state index in [9.17, 15) is 4.79 Å². The Balaban J connectivity index is 1.45. The molecule has 0 amide bonds. The van der Waals surface area contributed by atoms with Crippen LogP contribution in [-0.4, -0.2) is 15.8 Å². The first-order valence-electron chi connectivity index (χ1n) is 10.6. The van der Waals surface area contributed by atoms with Crippen molar-refractivity contribution in [2.75, 3.05) is 5.32 Å². The summed E-state index contributed by atoms with van der Waals surface area (Å²) in [5, 5.41) is 8.55. The van der Waals surface area contributed by atoms with Crippen LogP contribution in [0.3, 0.4) is 0 Å². The number of nitrogens with zero attached hydrogens (tertiary/aromatic N) is 2. The number of nitrogens with one attached hydrogen (secondary N) is 1. The number of aromatic nitrogens is 2. The number of hydrogen-bond donors (Lipinski definition) is 1. The van der Waals surface area contributed by atoms with Crippen LogP contribution in [0.5, 0.6) is 0 Å². The fraction of sp³-hybridized carbons (Fsp3) is 0.810. The molecule has 4 bridgehead atoms. The van der Waals surface area contributed by atoms with Crippen molar-refractivity contribution in [3.05, 3.63) is 21.6 Å². The van der Waals surface area contributed by atoms with E-state index in [0.29, 0.717) is 17.0 Å². The van der Waals surface area contributed by atoms with Crippen molar-refractivity contribution in [1.82, 2.24) is 9.78 Å². The van der Waals surface area contributed by atoms with Crippen LogP contribution in [0.15, 0.2) is 11.0 Å². The van der Waals surface area contributed by atoms with E-state index < -0.39 is 0 Å². The Morgan fingerprint density at radius 2 is 1.73 bits per heavy atom. The molecule has 26 heavy (non-hydrogen) atoms.